The predicted molar refractivity (Wildman–Crippen MR) is 91.3 cm³/mol. The van der Waals surface area contributed by atoms with Crippen molar-refractivity contribution >= 4 is 0 Å². The topological polar surface area (TPSA) is 62.9 Å². The summed E-state index contributed by atoms with van der Waals surface area (Å²) in [4.78, 5) is 13.7. The van der Waals surface area contributed by atoms with Crippen LogP contribution in [0.25, 0.3) is 0 Å². The maximum Gasteiger partial charge on any atom is 0.226 e. The normalized spacial score (nSPS) is 16.2. The van der Waals surface area contributed by atoms with Gasteiger partial charge in [-0.2, -0.15) is 0 Å². The van der Waals surface area contributed by atoms with Gasteiger partial charge in [0.15, 0.2) is 5.75 Å². The van der Waals surface area contributed by atoms with E-state index in [4.69, 9.17) is 9.15 Å². The van der Waals surface area contributed by atoms with Gasteiger partial charge in [0.25, 0.3) is 0 Å². The van der Waals surface area contributed by atoms with E-state index in [2.05, 4.69) is 17.0 Å². The van der Waals surface area contributed by atoms with E-state index in [9.17, 15) is 9.90 Å². The molecule has 1 fully saturated rings. The van der Waals surface area contributed by atoms with Crippen LogP contribution < -0.4 is 10.2 Å². The number of benzene rings is 1. The van der Waals surface area contributed by atoms with Gasteiger partial charge in [0.2, 0.25) is 5.43 Å². The first kappa shape index (κ1) is 16.6. The lowest BCUT2D eigenvalue weighted by molar-refractivity contribution is 0.164. The molecule has 0 spiro atoms. The minimum Gasteiger partial charge on any atom is -0.502 e. The SMILES string of the molecule is COc1ccc(CC2CCN(Cc3cc(=O)c(O)co3)CC2)cc1. The zero-order valence-electron chi connectivity index (χ0n) is 13.9. The molecule has 128 valence electrons. The Labute approximate surface area is 141 Å². The Morgan fingerprint density at radius 3 is 2.58 bits per heavy atom. The van der Waals surface area contributed by atoms with Crippen molar-refractivity contribution in [1.82, 2.24) is 4.90 Å². The van der Waals surface area contributed by atoms with E-state index < -0.39 is 0 Å². The number of hydrogen-bond acceptors (Lipinski definition) is 5. The van der Waals surface area contributed by atoms with E-state index in [-0.39, 0.29) is 11.2 Å². The minimum atomic E-state index is -0.384. The lowest BCUT2D eigenvalue weighted by atomic mass is 9.90. The van der Waals surface area contributed by atoms with E-state index in [0.29, 0.717) is 18.2 Å². The van der Waals surface area contributed by atoms with Crippen molar-refractivity contribution in [3.8, 4) is 11.5 Å². The molecular formula is C19H23NO4. The molecule has 0 unspecified atom stereocenters. The highest BCUT2D eigenvalue weighted by Crippen LogP contribution is 2.24. The summed E-state index contributed by atoms with van der Waals surface area (Å²) in [6, 6.07) is 9.67. The van der Waals surface area contributed by atoms with Gasteiger partial charge in [-0.05, 0) is 56.0 Å². The summed E-state index contributed by atoms with van der Waals surface area (Å²) in [5.74, 6) is 1.84. The van der Waals surface area contributed by atoms with E-state index in [0.717, 1.165) is 44.4 Å². The summed E-state index contributed by atoms with van der Waals surface area (Å²) >= 11 is 0. The van der Waals surface area contributed by atoms with Crippen LogP contribution in [0.15, 0.2) is 45.8 Å². The van der Waals surface area contributed by atoms with Gasteiger partial charge in [-0.1, -0.05) is 12.1 Å². The number of nitrogens with zero attached hydrogens (tertiary/aromatic N) is 1. The molecule has 1 aliphatic rings. The zero-order valence-corrected chi connectivity index (χ0v) is 13.9. The van der Waals surface area contributed by atoms with Crippen molar-refractivity contribution < 1.29 is 14.3 Å². The minimum absolute atomic E-state index is 0.336. The Bertz CT molecular complexity index is 715. The van der Waals surface area contributed by atoms with Crippen molar-refractivity contribution in [2.24, 2.45) is 5.92 Å². The molecule has 1 aromatic heterocycles. The Morgan fingerprint density at radius 2 is 1.96 bits per heavy atom. The van der Waals surface area contributed by atoms with Crippen molar-refractivity contribution in [2.75, 3.05) is 20.2 Å². The fraction of sp³-hybridized carbons (Fsp3) is 0.421. The van der Waals surface area contributed by atoms with Crippen LogP contribution in [0.5, 0.6) is 11.5 Å². The number of ether oxygens (including phenoxy) is 1. The monoisotopic (exact) mass is 329 g/mol. The molecule has 1 aliphatic heterocycles. The van der Waals surface area contributed by atoms with Gasteiger partial charge in [-0.25, -0.2) is 0 Å². The van der Waals surface area contributed by atoms with Crippen LogP contribution >= 0.6 is 0 Å². The van der Waals surface area contributed by atoms with Crippen LogP contribution in [-0.2, 0) is 13.0 Å². The average Bonchev–Trinajstić information content (AvgIpc) is 2.61. The van der Waals surface area contributed by atoms with Gasteiger partial charge in [0.1, 0.15) is 17.8 Å². The molecule has 1 saturated heterocycles. The summed E-state index contributed by atoms with van der Waals surface area (Å²) in [5.41, 5.74) is 0.962. The van der Waals surface area contributed by atoms with E-state index in [1.54, 1.807) is 7.11 Å². The fourth-order valence-corrected chi connectivity index (χ4v) is 3.19. The summed E-state index contributed by atoms with van der Waals surface area (Å²) in [7, 11) is 1.68. The van der Waals surface area contributed by atoms with Gasteiger partial charge in [-0.15, -0.1) is 0 Å². The molecule has 0 aliphatic carbocycles. The summed E-state index contributed by atoms with van der Waals surface area (Å²) in [6.07, 6.45) is 4.48. The van der Waals surface area contributed by atoms with Gasteiger partial charge >= 0.3 is 0 Å². The molecule has 2 heterocycles. The maximum absolute atomic E-state index is 11.4. The van der Waals surface area contributed by atoms with E-state index in [1.807, 2.05) is 12.1 Å². The quantitative estimate of drug-likeness (QED) is 0.914. The molecule has 2 aromatic rings. The van der Waals surface area contributed by atoms with Gasteiger partial charge in [0, 0.05) is 6.07 Å². The van der Waals surface area contributed by atoms with Crippen LogP contribution in [0, 0.1) is 5.92 Å². The van der Waals surface area contributed by atoms with E-state index >= 15 is 0 Å². The predicted octanol–water partition coefficient (Wildman–Crippen LogP) is 2.81. The molecule has 0 radical (unpaired) electrons. The highest BCUT2D eigenvalue weighted by Gasteiger charge is 2.20. The molecule has 5 nitrogen and oxygen atoms in total. The van der Waals surface area contributed by atoms with Crippen molar-refractivity contribution in [1.29, 1.82) is 0 Å². The summed E-state index contributed by atoms with van der Waals surface area (Å²) in [6.45, 7) is 2.60. The van der Waals surface area contributed by atoms with Crippen LogP contribution in [0.3, 0.4) is 0 Å². The number of aromatic hydroxyl groups is 1. The second-order valence-corrected chi connectivity index (χ2v) is 6.37. The molecule has 0 atom stereocenters. The first-order valence-electron chi connectivity index (χ1n) is 8.30. The molecule has 1 N–H and O–H groups in total. The van der Waals surface area contributed by atoms with Gasteiger partial charge in [0.05, 0.1) is 13.7 Å². The van der Waals surface area contributed by atoms with Gasteiger partial charge in [-0.3, -0.25) is 9.69 Å². The molecule has 0 amide bonds. The van der Waals surface area contributed by atoms with Crippen molar-refractivity contribution in [3.05, 3.63) is 58.1 Å². The number of likely N-dealkylation sites (tertiary alicyclic amines) is 1. The van der Waals surface area contributed by atoms with Crippen LogP contribution in [0.1, 0.15) is 24.2 Å². The number of hydrogen-bond donors (Lipinski definition) is 1. The van der Waals surface area contributed by atoms with Crippen LogP contribution in [0.4, 0.5) is 0 Å². The molecule has 0 bridgehead atoms. The second kappa shape index (κ2) is 7.53. The third-order valence-electron chi connectivity index (χ3n) is 4.64. The Balaban J connectivity index is 1.49. The van der Waals surface area contributed by atoms with Crippen molar-refractivity contribution in [2.45, 2.75) is 25.8 Å². The number of methoxy groups -OCH3 is 1. The maximum atomic E-state index is 11.4. The number of rotatable bonds is 5. The third-order valence-corrected chi connectivity index (χ3v) is 4.64. The van der Waals surface area contributed by atoms with Crippen molar-refractivity contribution in [3.63, 3.8) is 0 Å². The highest BCUT2D eigenvalue weighted by atomic mass is 16.5. The second-order valence-electron chi connectivity index (χ2n) is 6.37. The fourth-order valence-electron chi connectivity index (χ4n) is 3.19. The Morgan fingerprint density at radius 1 is 1.25 bits per heavy atom. The zero-order chi connectivity index (χ0) is 16.9. The first-order valence-corrected chi connectivity index (χ1v) is 8.30. The lowest BCUT2D eigenvalue weighted by Gasteiger charge is -2.31. The van der Waals surface area contributed by atoms with Crippen LogP contribution in [0.2, 0.25) is 0 Å². The van der Waals surface area contributed by atoms with E-state index in [1.165, 1.54) is 11.6 Å². The standard InChI is InChI=1S/C19H23NO4/c1-23-16-4-2-14(3-5-16)10-15-6-8-20(9-7-15)12-17-11-18(21)19(22)13-24-17/h2-5,11,13,15,22H,6-10,12H2,1H3. The average molecular weight is 329 g/mol. The molecule has 0 saturated carbocycles. The summed E-state index contributed by atoms with van der Waals surface area (Å²) < 4.78 is 10.5. The molecular weight excluding hydrogens is 306 g/mol. The van der Waals surface area contributed by atoms with Gasteiger partial charge < -0.3 is 14.3 Å². The smallest absolute Gasteiger partial charge is 0.226 e. The highest BCUT2D eigenvalue weighted by molar-refractivity contribution is 5.27. The number of piperidine rings is 1. The molecule has 24 heavy (non-hydrogen) atoms. The molecule has 3 rings (SSSR count). The largest absolute Gasteiger partial charge is 0.502 e. The first-order chi connectivity index (χ1) is 11.6. The lowest BCUT2D eigenvalue weighted by Crippen LogP contribution is -2.34. The Kier molecular flexibility index (Phi) is 5.20. The third kappa shape index (κ3) is 4.17. The molecule has 5 heteroatoms. The molecule has 1 aromatic carbocycles. The summed E-state index contributed by atoms with van der Waals surface area (Å²) in [5, 5.41) is 9.23. The Hall–Kier alpha value is -2.27. The van der Waals surface area contributed by atoms with Crippen LogP contribution in [-0.4, -0.2) is 30.2 Å².